The number of carbonyl (C=O) groups is 2. The lowest BCUT2D eigenvalue weighted by Gasteiger charge is -1.98. The SMILES string of the molecule is Cc1ccc(Cc2nc(CC(=O)C(=O)c3ncn[nH]3)cs2)cc1. The van der Waals surface area contributed by atoms with Crippen LogP contribution >= 0.6 is 11.3 Å². The van der Waals surface area contributed by atoms with Crippen molar-refractivity contribution in [3.8, 4) is 0 Å². The number of aryl methyl sites for hydroxylation is 1. The Morgan fingerprint density at radius 3 is 2.70 bits per heavy atom. The van der Waals surface area contributed by atoms with Crippen LogP contribution in [-0.4, -0.2) is 31.7 Å². The van der Waals surface area contributed by atoms with E-state index in [-0.39, 0.29) is 12.2 Å². The Labute approximate surface area is 136 Å². The average Bonchev–Trinajstić information content (AvgIpc) is 3.21. The van der Waals surface area contributed by atoms with Crippen LogP contribution in [0.5, 0.6) is 0 Å². The van der Waals surface area contributed by atoms with Crippen molar-refractivity contribution in [1.29, 1.82) is 0 Å². The molecular formula is C16H14N4O2S. The number of nitrogens with zero attached hydrogens (tertiary/aromatic N) is 3. The Morgan fingerprint density at radius 1 is 1.22 bits per heavy atom. The first-order chi connectivity index (χ1) is 11.1. The lowest BCUT2D eigenvalue weighted by molar-refractivity contribution is -0.114. The number of benzene rings is 1. The monoisotopic (exact) mass is 326 g/mol. The molecule has 2 aromatic heterocycles. The first kappa shape index (κ1) is 15.2. The second-order valence-corrected chi connectivity index (χ2v) is 6.10. The number of hydrogen-bond acceptors (Lipinski definition) is 6. The number of aromatic amines is 1. The summed E-state index contributed by atoms with van der Waals surface area (Å²) in [6.07, 6.45) is 1.89. The van der Waals surface area contributed by atoms with E-state index < -0.39 is 11.6 Å². The molecule has 1 aromatic carbocycles. The van der Waals surface area contributed by atoms with Gasteiger partial charge in [-0.25, -0.2) is 9.97 Å². The van der Waals surface area contributed by atoms with E-state index in [0.29, 0.717) is 5.69 Å². The van der Waals surface area contributed by atoms with E-state index >= 15 is 0 Å². The predicted octanol–water partition coefficient (Wildman–Crippen LogP) is 2.15. The summed E-state index contributed by atoms with van der Waals surface area (Å²) in [7, 11) is 0. The van der Waals surface area contributed by atoms with Crippen LogP contribution in [-0.2, 0) is 17.6 Å². The largest absolute Gasteiger partial charge is 0.290 e. The molecule has 0 saturated carbocycles. The number of H-pyrrole nitrogens is 1. The zero-order valence-corrected chi connectivity index (χ0v) is 13.3. The van der Waals surface area contributed by atoms with Crippen LogP contribution in [0.25, 0.3) is 0 Å². The molecule has 7 heteroatoms. The van der Waals surface area contributed by atoms with Gasteiger partial charge in [-0.2, -0.15) is 5.10 Å². The molecule has 3 aromatic rings. The van der Waals surface area contributed by atoms with Gasteiger partial charge in [0.25, 0.3) is 5.78 Å². The van der Waals surface area contributed by atoms with Crippen molar-refractivity contribution >= 4 is 22.9 Å². The van der Waals surface area contributed by atoms with Gasteiger partial charge in [-0.3, -0.25) is 14.7 Å². The Balaban J connectivity index is 1.64. The topological polar surface area (TPSA) is 88.6 Å². The highest BCUT2D eigenvalue weighted by Crippen LogP contribution is 2.16. The summed E-state index contributed by atoms with van der Waals surface area (Å²) in [5.74, 6) is -1.25. The minimum Gasteiger partial charge on any atom is -0.290 e. The van der Waals surface area contributed by atoms with E-state index in [1.165, 1.54) is 28.8 Å². The molecule has 3 rings (SSSR count). The number of rotatable bonds is 6. The maximum atomic E-state index is 11.9. The molecule has 0 unspecified atom stereocenters. The van der Waals surface area contributed by atoms with Gasteiger partial charge in [0, 0.05) is 11.8 Å². The molecular weight excluding hydrogens is 312 g/mol. The molecule has 0 aliphatic carbocycles. The van der Waals surface area contributed by atoms with Crippen LogP contribution in [0.4, 0.5) is 0 Å². The molecule has 0 radical (unpaired) electrons. The van der Waals surface area contributed by atoms with E-state index in [1.807, 2.05) is 12.3 Å². The minimum atomic E-state index is -0.671. The summed E-state index contributed by atoms with van der Waals surface area (Å²) >= 11 is 1.49. The quantitative estimate of drug-likeness (QED) is 0.554. The lowest BCUT2D eigenvalue weighted by atomic mass is 10.1. The fraction of sp³-hybridized carbons (Fsp3) is 0.188. The zero-order valence-electron chi connectivity index (χ0n) is 12.4. The lowest BCUT2D eigenvalue weighted by Crippen LogP contribution is -2.18. The van der Waals surface area contributed by atoms with Crippen LogP contribution in [0.3, 0.4) is 0 Å². The molecule has 0 amide bonds. The van der Waals surface area contributed by atoms with E-state index in [9.17, 15) is 9.59 Å². The van der Waals surface area contributed by atoms with Gasteiger partial charge in [-0.15, -0.1) is 11.3 Å². The molecule has 0 fully saturated rings. The number of nitrogens with one attached hydrogen (secondary N) is 1. The first-order valence-corrected chi connectivity index (χ1v) is 7.91. The maximum Gasteiger partial charge on any atom is 0.265 e. The van der Waals surface area contributed by atoms with Crippen LogP contribution in [0, 0.1) is 6.92 Å². The molecule has 0 atom stereocenters. The van der Waals surface area contributed by atoms with Crippen LogP contribution in [0.15, 0.2) is 36.0 Å². The highest BCUT2D eigenvalue weighted by molar-refractivity contribution is 7.09. The van der Waals surface area contributed by atoms with E-state index in [1.54, 1.807) is 0 Å². The third kappa shape index (κ3) is 3.75. The van der Waals surface area contributed by atoms with Crippen LogP contribution < -0.4 is 0 Å². The summed E-state index contributed by atoms with van der Waals surface area (Å²) < 4.78 is 0. The summed E-state index contributed by atoms with van der Waals surface area (Å²) in [5.41, 5.74) is 2.99. The zero-order chi connectivity index (χ0) is 16.2. The number of ketones is 2. The maximum absolute atomic E-state index is 11.9. The van der Waals surface area contributed by atoms with Crippen molar-refractivity contribution in [3.05, 3.63) is 63.6 Å². The van der Waals surface area contributed by atoms with E-state index in [0.717, 1.165) is 11.4 Å². The van der Waals surface area contributed by atoms with Gasteiger partial charge >= 0.3 is 0 Å². The fourth-order valence-corrected chi connectivity index (χ4v) is 2.91. The van der Waals surface area contributed by atoms with Gasteiger partial charge in [-0.1, -0.05) is 29.8 Å². The summed E-state index contributed by atoms with van der Waals surface area (Å²) in [6, 6.07) is 8.25. The summed E-state index contributed by atoms with van der Waals surface area (Å²) in [4.78, 5) is 31.9. The Morgan fingerprint density at radius 2 is 2.00 bits per heavy atom. The first-order valence-electron chi connectivity index (χ1n) is 7.03. The molecule has 6 nitrogen and oxygen atoms in total. The van der Waals surface area contributed by atoms with Gasteiger partial charge in [0.2, 0.25) is 5.78 Å². The van der Waals surface area contributed by atoms with Gasteiger partial charge in [0.1, 0.15) is 6.33 Å². The smallest absolute Gasteiger partial charge is 0.265 e. The van der Waals surface area contributed by atoms with Gasteiger partial charge in [0.15, 0.2) is 5.82 Å². The average molecular weight is 326 g/mol. The Kier molecular flexibility index (Phi) is 4.38. The molecule has 116 valence electrons. The number of Topliss-reactive ketones (excluding diaryl/α,β-unsaturated/α-hetero) is 2. The standard InChI is InChI=1S/C16H14N4O2S/c1-10-2-4-11(5-3-10)6-14-19-12(8-23-14)7-13(21)15(22)16-17-9-18-20-16/h2-5,8-9H,6-7H2,1H3,(H,17,18,20). The normalized spacial score (nSPS) is 10.7. The predicted molar refractivity (Wildman–Crippen MR) is 85.5 cm³/mol. The van der Waals surface area contributed by atoms with Crippen molar-refractivity contribution in [2.45, 2.75) is 19.8 Å². The summed E-state index contributed by atoms with van der Waals surface area (Å²) in [5, 5.41) is 8.70. The van der Waals surface area contributed by atoms with Gasteiger partial charge in [-0.05, 0) is 12.5 Å². The van der Waals surface area contributed by atoms with Crippen molar-refractivity contribution in [2.75, 3.05) is 0 Å². The molecule has 23 heavy (non-hydrogen) atoms. The molecule has 0 saturated heterocycles. The molecule has 1 N–H and O–H groups in total. The van der Waals surface area contributed by atoms with Gasteiger partial charge < -0.3 is 0 Å². The minimum absolute atomic E-state index is 0.0239. The van der Waals surface area contributed by atoms with Crippen LogP contribution in [0.2, 0.25) is 0 Å². The highest BCUT2D eigenvalue weighted by atomic mass is 32.1. The number of aromatic nitrogens is 4. The van der Waals surface area contributed by atoms with E-state index in [2.05, 4.69) is 44.4 Å². The third-order valence-corrected chi connectivity index (χ3v) is 4.20. The molecule has 0 aliphatic heterocycles. The highest BCUT2D eigenvalue weighted by Gasteiger charge is 2.20. The van der Waals surface area contributed by atoms with Crippen molar-refractivity contribution < 1.29 is 9.59 Å². The second-order valence-electron chi connectivity index (χ2n) is 5.16. The van der Waals surface area contributed by atoms with Crippen molar-refractivity contribution in [3.63, 3.8) is 0 Å². The summed E-state index contributed by atoms with van der Waals surface area (Å²) in [6.45, 7) is 2.04. The second kappa shape index (κ2) is 6.62. The fourth-order valence-electron chi connectivity index (χ4n) is 2.08. The Hall–Kier alpha value is -2.67. The van der Waals surface area contributed by atoms with Gasteiger partial charge in [0.05, 0.1) is 17.1 Å². The van der Waals surface area contributed by atoms with Crippen molar-refractivity contribution in [1.82, 2.24) is 20.2 Å². The Bertz CT molecular complexity index is 822. The molecule has 0 spiro atoms. The van der Waals surface area contributed by atoms with Crippen LogP contribution in [0.1, 0.15) is 32.4 Å². The number of carbonyl (C=O) groups excluding carboxylic acids is 2. The molecule has 0 bridgehead atoms. The van der Waals surface area contributed by atoms with E-state index in [4.69, 9.17) is 0 Å². The molecule has 0 aliphatic rings. The number of thiazole rings is 1. The molecule has 2 heterocycles. The third-order valence-electron chi connectivity index (χ3n) is 3.30. The van der Waals surface area contributed by atoms with Crippen molar-refractivity contribution in [2.24, 2.45) is 0 Å². The number of hydrogen-bond donors (Lipinski definition) is 1.